The molecule has 3 rings (SSSR count). The largest absolute Gasteiger partial charge is 0.458 e. The van der Waals surface area contributed by atoms with Gasteiger partial charge in [-0.2, -0.15) is 0 Å². The second-order valence-corrected chi connectivity index (χ2v) is 5.45. The maximum absolute atomic E-state index is 10.6. The summed E-state index contributed by atoms with van der Waals surface area (Å²) in [6.45, 7) is 6.08. The van der Waals surface area contributed by atoms with Crippen LogP contribution in [0.5, 0.6) is 0 Å². The SMILES string of the molecule is Cc1ccc(C)c(C(O)c2cc3cc(C)ccc3o2)c1. The normalized spacial score (nSPS) is 12.8. The van der Waals surface area contributed by atoms with Crippen molar-refractivity contribution in [3.63, 3.8) is 0 Å². The number of benzene rings is 2. The summed E-state index contributed by atoms with van der Waals surface area (Å²) in [7, 11) is 0. The molecule has 0 spiro atoms. The van der Waals surface area contributed by atoms with E-state index in [1.54, 1.807) is 0 Å². The minimum atomic E-state index is -0.720. The van der Waals surface area contributed by atoms with Crippen molar-refractivity contribution in [2.24, 2.45) is 0 Å². The van der Waals surface area contributed by atoms with Gasteiger partial charge in [-0.1, -0.05) is 35.4 Å². The number of aryl methyl sites for hydroxylation is 3. The van der Waals surface area contributed by atoms with Crippen molar-refractivity contribution in [1.29, 1.82) is 0 Å². The molecule has 20 heavy (non-hydrogen) atoms. The summed E-state index contributed by atoms with van der Waals surface area (Å²) in [4.78, 5) is 0. The lowest BCUT2D eigenvalue weighted by atomic mass is 9.99. The van der Waals surface area contributed by atoms with E-state index in [-0.39, 0.29) is 0 Å². The summed E-state index contributed by atoms with van der Waals surface area (Å²) in [5.41, 5.74) is 5.11. The molecular weight excluding hydrogens is 248 g/mol. The third-order valence-corrected chi connectivity index (χ3v) is 3.69. The molecule has 0 bridgehead atoms. The fraction of sp³-hybridized carbons (Fsp3) is 0.222. The van der Waals surface area contributed by atoms with Gasteiger partial charge in [-0.15, -0.1) is 0 Å². The third-order valence-electron chi connectivity index (χ3n) is 3.69. The first-order valence-corrected chi connectivity index (χ1v) is 6.80. The van der Waals surface area contributed by atoms with Gasteiger partial charge < -0.3 is 9.52 Å². The summed E-state index contributed by atoms with van der Waals surface area (Å²) >= 11 is 0. The van der Waals surface area contributed by atoms with Crippen LogP contribution in [0, 0.1) is 20.8 Å². The molecule has 0 saturated carbocycles. The molecule has 0 fully saturated rings. The number of hydrogen-bond donors (Lipinski definition) is 1. The second kappa shape index (κ2) is 4.80. The first-order valence-electron chi connectivity index (χ1n) is 6.80. The Kier molecular flexibility index (Phi) is 3.11. The molecule has 2 heteroatoms. The van der Waals surface area contributed by atoms with Crippen molar-refractivity contribution in [3.05, 3.63) is 70.5 Å². The van der Waals surface area contributed by atoms with E-state index in [4.69, 9.17) is 4.42 Å². The fourth-order valence-corrected chi connectivity index (χ4v) is 2.53. The molecule has 1 aromatic heterocycles. The van der Waals surface area contributed by atoms with E-state index in [1.165, 1.54) is 5.56 Å². The minimum Gasteiger partial charge on any atom is -0.458 e. The standard InChI is InChI=1S/C18H18O2/c1-11-5-7-16-14(8-11)10-17(20-16)18(19)15-9-12(2)4-6-13(15)3/h4-10,18-19H,1-3H3. The van der Waals surface area contributed by atoms with Gasteiger partial charge in [0.15, 0.2) is 0 Å². The molecule has 1 N–H and O–H groups in total. The topological polar surface area (TPSA) is 33.4 Å². The van der Waals surface area contributed by atoms with E-state index < -0.39 is 6.10 Å². The first kappa shape index (κ1) is 12.9. The van der Waals surface area contributed by atoms with E-state index in [9.17, 15) is 5.11 Å². The Morgan fingerprint density at radius 2 is 1.60 bits per heavy atom. The molecule has 2 nitrogen and oxygen atoms in total. The lowest BCUT2D eigenvalue weighted by Crippen LogP contribution is -2.01. The molecular formula is C18H18O2. The van der Waals surface area contributed by atoms with Crippen LogP contribution in [0.2, 0.25) is 0 Å². The monoisotopic (exact) mass is 266 g/mol. The van der Waals surface area contributed by atoms with Gasteiger partial charge in [0.2, 0.25) is 0 Å². The van der Waals surface area contributed by atoms with Crippen molar-refractivity contribution in [2.45, 2.75) is 26.9 Å². The summed E-state index contributed by atoms with van der Waals surface area (Å²) in [6.07, 6.45) is -0.720. The van der Waals surface area contributed by atoms with Crippen molar-refractivity contribution in [3.8, 4) is 0 Å². The highest BCUT2D eigenvalue weighted by Gasteiger charge is 2.17. The Morgan fingerprint density at radius 3 is 2.40 bits per heavy atom. The van der Waals surface area contributed by atoms with Crippen molar-refractivity contribution >= 4 is 11.0 Å². The molecule has 0 aliphatic heterocycles. The highest BCUT2D eigenvalue weighted by Crippen LogP contribution is 2.30. The maximum atomic E-state index is 10.6. The molecule has 0 aliphatic rings. The second-order valence-electron chi connectivity index (χ2n) is 5.45. The van der Waals surface area contributed by atoms with E-state index in [0.29, 0.717) is 5.76 Å². The number of rotatable bonds is 2. The van der Waals surface area contributed by atoms with Crippen LogP contribution in [0.1, 0.15) is 34.1 Å². The Bertz CT molecular complexity index is 768. The Morgan fingerprint density at radius 1 is 0.900 bits per heavy atom. The van der Waals surface area contributed by atoms with Crippen LogP contribution in [0.15, 0.2) is 46.9 Å². The molecule has 0 aliphatic carbocycles. The van der Waals surface area contributed by atoms with Crippen molar-refractivity contribution in [1.82, 2.24) is 0 Å². The van der Waals surface area contributed by atoms with E-state index in [1.807, 2.05) is 57.2 Å². The van der Waals surface area contributed by atoms with Gasteiger partial charge in [0.1, 0.15) is 17.4 Å². The smallest absolute Gasteiger partial charge is 0.138 e. The van der Waals surface area contributed by atoms with Crippen LogP contribution >= 0.6 is 0 Å². The third kappa shape index (κ3) is 2.23. The molecule has 0 amide bonds. The predicted molar refractivity (Wildman–Crippen MR) is 80.9 cm³/mol. The zero-order valence-electron chi connectivity index (χ0n) is 12.0. The van der Waals surface area contributed by atoms with Crippen LogP contribution < -0.4 is 0 Å². The summed E-state index contributed by atoms with van der Waals surface area (Å²) in [5.74, 6) is 0.597. The van der Waals surface area contributed by atoms with Gasteiger partial charge in [-0.05, 0) is 50.1 Å². The number of furan rings is 1. The van der Waals surface area contributed by atoms with Gasteiger partial charge in [-0.3, -0.25) is 0 Å². The first-order chi connectivity index (χ1) is 9.54. The molecule has 1 unspecified atom stereocenters. The van der Waals surface area contributed by atoms with Crippen molar-refractivity contribution in [2.75, 3.05) is 0 Å². The fourth-order valence-electron chi connectivity index (χ4n) is 2.53. The van der Waals surface area contributed by atoms with Crippen LogP contribution in [0.25, 0.3) is 11.0 Å². The van der Waals surface area contributed by atoms with Gasteiger partial charge in [0.25, 0.3) is 0 Å². The maximum Gasteiger partial charge on any atom is 0.138 e. The molecule has 3 aromatic rings. The number of aliphatic hydroxyl groups is 1. The van der Waals surface area contributed by atoms with E-state index in [2.05, 4.69) is 6.07 Å². The summed E-state index contributed by atoms with van der Waals surface area (Å²) < 4.78 is 5.78. The molecule has 102 valence electrons. The van der Waals surface area contributed by atoms with E-state index in [0.717, 1.165) is 27.7 Å². The number of fused-ring (bicyclic) bond motifs is 1. The lowest BCUT2D eigenvalue weighted by Gasteiger charge is -2.12. The number of hydrogen-bond acceptors (Lipinski definition) is 2. The molecule has 1 heterocycles. The Hall–Kier alpha value is -2.06. The van der Waals surface area contributed by atoms with Crippen LogP contribution in [-0.2, 0) is 0 Å². The predicted octanol–water partition coefficient (Wildman–Crippen LogP) is 4.44. The van der Waals surface area contributed by atoms with Gasteiger partial charge in [0, 0.05) is 5.39 Å². The summed E-state index contributed by atoms with van der Waals surface area (Å²) in [5, 5.41) is 11.6. The molecule has 1 atom stereocenters. The minimum absolute atomic E-state index is 0.597. The quantitative estimate of drug-likeness (QED) is 0.744. The zero-order valence-corrected chi connectivity index (χ0v) is 12.0. The average molecular weight is 266 g/mol. The summed E-state index contributed by atoms with van der Waals surface area (Å²) in [6, 6.07) is 14.0. The molecule has 0 radical (unpaired) electrons. The van der Waals surface area contributed by atoms with Crippen LogP contribution in [0.4, 0.5) is 0 Å². The average Bonchev–Trinajstić information content (AvgIpc) is 2.83. The number of aliphatic hydroxyl groups excluding tert-OH is 1. The zero-order chi connectivity index (χ0) is 14.3. The van der Waals surface area contributed by atoms with Crippen LogP contribution in [0.3, 0.4) is 0 Å². The molecule has 0 saturated heterocycles. The highest BCUT2D eigenvalue weighted by molar-refractivity contribution is 5.78. The van der Waals surface area contributed by atoms with Gasteiger partial charge in [-0.25, -0.2) is 0 Å². The van der Waals surface area contributed by atoms with Crippen molar-refractivity contribution < 1.29 is 9.52 Å². The van der Waals surface area contributed by atoms with Gasteiger partial charge >= 0.3 is 0 Å². The Labute approximate surface area is 118 Å². The van der Waals surface area contributed by atoms with E-state index >= 15 is 0 Å². The van der Waals surface area contributed by atoms with Gasteiger partial charge in [0.05, 0.1) is 0 Å². The lowest BCUT2D eigenvalue weighted by molar-refractivity contribution is 0.191. The van der Waals surface area contributed by atoms with Crippen LogP contribution in [-0.4, -0.2) is 5.11 Å². The highest BCUT2D eigenvalue weighted by atomic mass is 16.4. The molecule has 2 aromatic carbocycles. The Balaban J connectivity index is 2.07.